The van der Waals surface area contributed by atoms with Gasteiger partial charge in [0.1, 0.15) is 5.78 Å². The molecule has 114 valence electrons. The lowest BCUT2D eigenvalue weighted by Gasteiger charge is -2.29. The van der Waals surface area contributed by atoms with Crippen molar-refractivity contribution < 1.29 is 9.36 Å². The van der Waals surface area contributed by atoms with E-state index in [0.29, 0.717) is 13.0 Å². The van der Waals surface area contributed by atoms with Crippen molar-refractivity contribution in [2.45, 2.75) is 53.4 Å². The summed E-state index contributed by atoms with van der Waals surface area (Å²) in [5.74, 6) is 1.11. The van der Waals surface area contributed by atoms with Gasteiger partial charge in [-0.15, -0.1) is 0 Å². The van der Waals surface area contributed by atoms with Crippen LogP contribution in [0, 0.1) is 0 Å². The molecule has 6 heteroatoms. The van der Waals surface area contributed by atoms with Crippen molar-refractivity contribution in [3.63, 3.8) is 0 Å². The number of hydrogen-bond acceptors (Lipinski definition) is 3. The monoisotopic (exact) mass is 308 g/mol. The van der Waals surface area contributed by atoms with Crippen molar-refractivity contribution in [3.8, 4) is 0 Å². The molecule has 0 radical (unpaired) electrons. The van der Waals surface area contributed by atoms with Gasteiger partial charge < -0.3 is 4.79 Å². The summed E-state index contributed by atoms with van der Waals surface area (Å²) in [6, 6.07) is 0. The molecule has 0 heterocycles. The molecule has 1 unspecified atom stereocenters. The third kappa shape index (κ3) is 8.13. The molecule has 0 aliphatic heterocycles. The fourth-order valence-electron chi connectivity index (χ4n) is 1.71. The minimum Gasteiger partial charge on any atom is -0.300 e. The van der Waals surface area contributed by atoms with Gasteiger partial charge in [0.25, 0.3) is 6.65 Å². The first kappa shape index (κ1) is 19.2. The van der Waals surface area contributed by atoms with E-state index in [1.54, 1.807) is 18.3 Å². The van der Waals surface area contributed by atoms with Gasteiger partial charge in [-0.1, -0.05) is 38.6 Å². The van der Waals surface area contributed by atoms with Crippen LogP contribution in [0.3, 0.4) is 0 Å². The standard InChI is InChI=1S/C13H29N2O2PS/c1-5-8-12-19-18(17,15(6-2)7-3)14-11-9-10-13(4)16/h5-12H2,1-4H3,(H,14,17). The first-order valence-corrected chi connectivity index (χ1v) is 10.5. The van der Waals surface area contributed by atoms with Crippen LogP contribution in [0.25, 0.3) is 0 Å². The average Bonchev–Trinajstić information content (AvgIpc) is 2.36. The molecule has 19 heavy (non-hydrogen) atoms. The van der Waals surface area contributed by atoms with Crippen molar-refractivity contribution in [2.75, 3.05) is 25.4 Å². The minimum absolute atomic E-state index is 0.193. The summed E-state index contributed by atoms with van der Waals surface area (Å²) < 4.78 is 15.0. The average molecular weight is 308 g/mol. The number of rotatable bonds is 12. The molecule has 0 bridgehead atoms. The van der Waals surface area contributed by atoms with Crippen LogP contribution in [0.15, 0.2) is 0 Å². The van der Waals surface area contributed by atoms with Gasteiger partial charge in [0.2, 0.25) is 0 Å². The second kappa shape index (κ2) is 10.9. The molecule has 0 saturated heterocycles. The van der Waals surface area contributed by atoms with E-state index in [4.69, 9.17) is 0 Å². The number of carbonyl (C=O) groups is 1. The Kier molecular flexibility index (Phi) is 11.0. The van der Waals surface area contributed by atoms with E-state index in [0.717, 1.165) is 38.1 Å². The highest BCUT2D eigenvalue weighted by molar-refractivity contribution is 8.56. The van der Waals surface area contributed by atoms with Gasteiger partial charge in [-0.05, 0) is 19.8 Å². The number of unbranched alkanes of at least 4 members (excludes halogenated alkanes) is 1. The van der Waals surface area contributed by atoms with E-state index in [1.165, 1.54) is 0 Å². The Morgan fingerprint density at radius 2 is 1.84 bits per heavy atom. The number of hydrogen-bond donors (Lipinski definition) is 1. The first-order valence-electron chi connectivity index (χ1n) is 7.24. The van der Waals surface area contributed by atoms with Crippen LogP contribution in [0.5, 0.6) is 0 Å². The molecule has 0 saturated carbocycles. The topological polar surface area (TPSA) is 49.4 Å². The Hall–Kier alpha value is 0.170. The van der Waals surface area contributed by atoms with Gasteiger partial charge in [-0.2, -0.15) is 0 Å². The molecule has 4 nitrogen and oxygen atoms in total. The summed E-state index contributed by atoms with van der Waals surface area (Å²) in [5.41, 5.74) is 0. The molecule has 0 spiro atoms. The van der Waals surface area contributed by atoms with Crippen LogP contribution in [-0.4, -0.2) is 35.8 Å². The van der Waals surface area contributed by atoms with Crippen LogP contribution in [0.4, 0.5) is 0 Å². The van der Waals surface area contributed by atoms with Gasteiger partial charge >= 0.3 is 0 Å². The van der Waals surface area contributed by atoms with Crippen molar-refractivity contribution >= 4 is 23.8 Å². The van der Waals surface area contributed by atoms with Gasteiger partial charge in [0.15, 0.2) is 0 Å². The summed E-state index contributed by atoms with van der Waals surface area (Å²) in [4.78, 5) is 10.9. The molecule has 1 N–H and O–H groups in total. The minimum atomic E-state index is -2.53. The Morgan fingerprint density at radius 3 is 2.32 bits per heavy atom. The summed E-state index contributed by atoms with van der Waals surface area (Å²) in [6.07, 6.45) is 3.53. The van der Waals surface area contributed by atoms with Crippen LogP contribution < -0.4 is 5.09 Å². The lowest BCUT2D eigenvalue weighted by atomic mass is 10.2. The van der Waals surface area contributed by atoms with Crippen LogP contribution in [0.2, 0.25) is 0 Å². The van der Waals surface area contributed by atoms with E-state index < -0.39 is 6.65 Å². The third-order valence-corrected chi connectivity index (χ3v) is 8.32. The highest BCUT2D eigenvalue weighted by atomic mass is 32.7. The number of nitrogens with one attached hydrogen (secondary N) is 1. The molecule has 0 aromatic rings. The van der Waals surface area contributed by atoms with Crippen molar-refractivity contribution in [1.29, 1.82) is 0 Å². The normalized spacial score (nSPS) is 14.6. The largest absolute Gasteiger partial charge is 0.300 e. The Morgan fingerprint density at radius 1 is 1.21 bits per heavy atom. The van der Waals surface area contributed by atoms with Gasteiger partial charge in [0.05, 0.1) is 0 Å². The Balaban J connectivity index is 4.39. The zero-order valence-corrected chi connectivity index (χ0v) is 14.5. The number of ketones is 1. The van der Waals surface area contributed by atoms with Crippen molar-refractivity contribution in [1.82, 2.24) is 9.76 Å². The number of carbonyl (C=O) groups excluding carboxylic acids is 1. The first-order chi connectivity index (χ1) is 9.00. The lowest BCUT2D eigenvalue weighted by Crippen LogP contribution is -2.27. The molecule has 0 amide bonds. The number of Topliss-reactive ketones (excluding diaryl/α,β-unsaturated/α-hetero) is 1. The molecule has 0 aliphatic rings. The summed E-state index contributed by atoms with van der Waals surface area (Å²) in [7, 11) is 0. The summed E-state index contributed by atoms with van der Waals surface area (Å²) >= 11 is 1.55. The van der Waals surface area contributed by atoms with Crippen LogP contribution in [-0.2, 0) is 9.36 Å². The quantitative estimate of drug-likeness (QED) is 0.437. The predicted octanol–water partition coefficient (Wildman–Crippen LogP) is 3.93. The molecule has 1 atom stereocenters. The van der Waals surface area contributed by atoms with E-state index in [-0.39, 0.29) is 5.78 Å². The second-order valence-electron chi connectivity index (χ2n) is 4.56. The Labute approximate surface area is 122 Å². The molecule has 0 aliphatic carbocycles. The zero-order valence-electron chi connectivity index (χ0n) is 12.8. The molecule has 0 aromatic carbocycles. The zero-order chi connectivity index (χ0) is 14.7. The third-order valence-electron chi connectivity index (χ3n) is 2.88. The van der Waals surface area contributed by atoms with E-state index >= 15 is 0 Å². The fourth-order valence-corrected chi connectivity index (χ4v) is 6.88. The number of nitrogens with zero attached hydrogens (tertiary/aromatic N) is 1. The smallest absolute Gasteiger partial charge is 0.269 e. The van der Waals surface area contributed by atoms with Gasteiger partial charge in [-0.3, -0.25) is 4.57 Å². The van der Waals surface area contributed by atoms with Gasteiger partial charge in [-0.25, -0.2) is 9.76 Å². The molecule has 0 fully saturated rings. The van der Waals surface area contributed by atoms with Crippen molar-refractivity contribution in [2.24, 2.45) is 0 Å². The maximum Gasteiger partial charge on any atom is 0.269 e. The molecule has 0 aromatic heterocycles. The molecular weight excluding hydrogens is 279 g/mol. The molecular formula is C13H29N2O2PS. The summed E-state index contributed by atoms with van der Waals surface area (Å²) in [6.45, 7) is 7.49. The van der Waals surface area contributed by atoms with Crippen molar-refractivity contribution in [3.05, 3.63) is 0 Å². The predicted molar refractivity (Wildman–Crippen MR) is 85.8 cm³/mol. The summed E-state index contributed by atoms with van der Waals surface area (Å²) in [5, 5.41) is 3.20. The van der Waals surface area contributed by atoms with E-state index in [9.17, 15) is 9.36 Å². The maximum atomic E-state index is 13.0. The molecule has 0 rings (SSSR count). The highest BCUT2D eigenvalue weighted by Gasteiger charge is 2.28. The van der Waals surface area contributed by atoms with E-state index in [1.807, 2.05) is 18.5 Å². The lowest BCUT2D eigenvalue weighted by molar-refractivity contribution is -0.117. The van der Waals surface area contributed by atoms with Crippen LogP contribution in [0.1, 0.15) is 53.4 Å². The maximum absolute atomic E-state index is 13.0. The van der Waals surface area contributed by atoms with Crippen LogP contribution >= 0.6 is 18.0 Å². The Bertz CT molecular complexity index is 296. The van der Waals surface area contributed by atoms with E-state index in [2.05, 4.69) is 12.0 Å². The highest BCUT2D eigenvalue weighted by Crippen LogP contribution is 2.57. The van der Waals surface area contributed by atoms with Gasteiger partial charge in [0, 0.05) is 31.8 Å². The second-order valence-corrected chi connectivity index (χ2v) is 9.41. The fraction of sp³-hybridized carbons (Fsp3) is 0.923. The SMILES string of the molecule is CCCCSP(=O)(NCCCC(C)=O)N(CC)CC.